The Morgan fingerprint density at radius 1 is 1.00 bits per heavy atom. The molecule has 6 heteroatoms. The van der Waals surface area contributed by atoms with Gasteiger partial charge in [-0.25, -0.2) is 9.97 Å². The molecule has 0 bridgehead atoms. The van der Waals surface area contributed by atoms with Gasteiger partial charge in [0.2, 0.25) is 5.78 Å². The smallest absolute Gasteiger partial charge is 0.253 e. The fraction of sp³-hybridized carbons (Fsp3) is 0.238. The lowest BCUT2D eigenvalue weighted by Gasteiger charge is -2.11. The van der Waals surface area contributed by atoms with Gasteiger partial charge >= 0.3 is 0 Å². The molecule has 136 valence electrons. The third kappa shape index (κ3) is 3.08. The van der Waals surface area contributed by atoms with Gasteiger partial charge in [-0.05, 0) is 39.2 Å². The van der Waals surface area contributed by atoms with Crippen LogP contribution in [-0.4, -0.2) is 53.7 Å². The number of aromatic nitrogens is 2. The number of hydrogen-bond donors (Lipinski definition) is 1. The van der Waals surface area contributed by atoms with E-state index in [2.05, 4.69) is 20.2 Å². The number of benzene rings is 2. The number of rotatable bonds is 5. The van der Waals surface area contributed by atoms with E-state index in [1.807, 2.05) is 32.3 Å². The van der Waals surface area contributed by atoms with Crippen LogP contribution in [-0.2, 0) is 0 Å². The average Bonchev–Trinajstić information content (AvgIpc) is 2.95. The highest BCUT2D eigenvalue weighted by Gasteiger charge is 2.30. The van der Waals surface area contributed by atoms with Crippen LogP contribution in [0.2, 0.25) is 0 Å². The molecular weight excluding hydrogens is 340 g/mol. The molecule has 0 spiro atoms. The summed E-state index contributed by atoms with van der Waals surface area (Å²) in [5.74, 6) is -0.292. The second kappa shape index (κ2) is 6.89. The number of carbonyl (C=O) groups excluding carboxylic acids is 2. The quantitative estimate of drug-likeness (QED) is 0.554. The summed E-state index contributed by atoms with van der Waals surface area (Å²) in [6, 6.07) is 12.6. The predicted octanol–water partition coefficient (Wildman–Crippen LogP) is 2.52. The predicted molar refractivity (Wildman–Crippen MR) is 104 cm³/mol. The Hall–Kier alpha value is -3.12. The zero-order valence-electron chi connectivity index (χ0n) is 15.3. The minimum Gasteiger partial charge on any atom is -0.352 e. The van der Waals surface area contributed by atoms with E-state index in [0.717, 1.165) is 18.5 Å². The number of carbonyl (C=O) groups is 2. The van der Waals surface area contributed by atoms with Crippen LogP contribution < -0.4 is 5.32 Å². The molecule has 4 rings (SSSR count). The molecule has 0 saturated carbocycles. The van der Waals surface area contributed by atoms with Gasteiger partial charge < -0.3 is 10.2 Å². The minimum atomic E-state index is -0.175. The monoisotopic (exact) mass is 360 g/mol. The number of nitrogens with zero attached hydrogens (tertiary/aromatic N) is 3. The lowest BCUT2D eigenvalue weighted by atomic mass is 10.1. The van der Waals surface area contributed by atoms with Gasteiger partial charge in [-0.3, -0.25) is 9.59 Å². The Bertz CT molecular complexity index is 1060. The van der Waals surface area contributed by atoms with Crippen LogP contribution in [0.1, 0.15) is 32.8 Å². The molecule has 0 fully saturated rings. The molecule has 1 aliphatic rings. The summed E-state index contributed by atoms with van der Waals surface area (Å²) in [4.78, 5) is 36.5. The molecule has 1 aliphatic carbocycles. The number of fused-ring (bicyclic) bond motifs is 4. The molecule has 0 radical (unpaired) electrons. The standard InChI is InChI=1S/C21H20N4O2/c1-25(2)12-6-11-22-21(27)15-9-5-10-16-17(15)24-18-13-7-3-4-8-14(13)20(26)19(18)23-16/h3-5,7-10H,6,11-12H2,1-2H3,(H,22,27). The Kier molecular flexibility index (Phi) is 4.41. The zero-order valence-corrected chi connectivity index (χ0v) is 15.3. The highest BCUT2D eigenvalue weighted by molar-refractivity contribution is 6.20. The Morgan fingerprint density at radius 3 is 2.56 bits per heavy atom. The fourth-order valence-electron chi connectivity index (χ4n) is 3.31. The maximum absolute atomic E-state index is 12.7. The molecule has 1 N–H and O–H groups in total. The maximum Gasteiger partial charge on any atom is 0.253 e. The van der Waals surface area contributed by atoms with E-state index in [0.29, 0.717) is 40.1 Å². The van der Waals surface area contributed by atoms with Gasteiger partial charge in [-0.1, -0.05) is 30.3 Å². The summed E-state index contributed by atoms with van der Waals surface area (Å²) in [7, 11) is 4.00. The van der Waals surface area contributed by atoms with E-state index in [1.165, 1.54) is 0 Å². The van der Waals surface area contributed by atoms with Crippen molar-refractivity contribution < 1.29 is 9.59 Å². The first kappa shape index (κ1) is 17.3. The van der Waals surface area contributed by atoms with Gasteiger partial charge in [0.05, 0.1) is 11.1 Å². The highest BCUT2D eigenvalue weighted by atomic mass is 16.1. The molecule has 0 aliphatic heterocycles. The topological polar surface area (TPSA) is 75.2 Å². The lowest BCUT2D eigenvalue weighted by Crippen LogP contribution is -2.27. The number of amides is 1. The second-order valence-corrected chi connectivity index (χ2v) is 6.88. The largest absolute Gasteiger partial charge is 0.352 e. The van der Waals surface area contributed by atoms with Crippen LogP contribution >= 0.6 is 0 Å². The Balaban J connectivity index is 1.71. The third-order valence-electron chi connectivity index (χ3n) is 4.65. The first-order valence-electron chi connectivity index (χ1n) is 8.94. The van der Waals surface area contributed by atoms with Crippen molar-refractivity contribution in [1.82, 2.24) is 20.2 Å². The lowest BCUT2D eigenvalue weighted by molar-refractivity contribution is 0.0953. The fourth-order valence-corrected chi connectivity index (χ4v) is 3.31. The third-order valence-corrected chi connectivity index (χ3v) is 4.65. The van der Waals surface area contributed by atoms with Crippen molar-refractivity contribution in [2.75, 3.05) is 27.2 Å². The first-order valence-corrected chi connectivity index (χ1v) is 8.94. The van der Waals surface area contributed by atoms with Gasteiger partial charge in [0.15, 0.2) is 0 Å². The van der Waals surface area contributed by atoms with Crippen LogP contribution in [0.4, 0.5) is 0 Å². The van der Waals surface area contributed by atoms with Gasteiger partial charge in [-0.15, -0.1) is 0 Å². The van der Waals surface area contributed by atoms with Crippen molar-refractivity contribution in [2.45, 2.75) is 6.42 Å². The van der Waals surface area contributed by atoms with Crippen LogP contribution in [0.15, 0.2) is 42.5 Å². The summed E-state index contributed by atoms with van der Waals surface area (Å²) in [5, 5.41) is 2.94. The highest BCUT2D eigenvalue weighted by Crippen LogP contribution is 2.35. The summed E-state index contributed by atoms with van der Waals surface area (Å²) in [5.41, 5.74) is 3.83. The summed E-state index contributed by atoms with van der Waals surface area (Å²) in [6.07, 6.45) is 0.868. The van der Waals surface area contributed by atoms with E-state index in [-0.39, 0.29) is 11.7 Å². The van der Waals surface area contributed by atoms with Crippen LogP contribution in [0, 0.1) is 0 Å². The van der Waals surface area contributed by atoms with Crippen LogP contribution in [0.3, 0.4) is 0 Å². The Labute approximate surface area is 157 Å². The van der Waals surface area contributed by atoms with Crippen molar-refractivity contribution in [3.05, 3.63) is 59.3 Å². The van der Waals surface area contributed by atoms with Crippen LogP contribution in [0.5, 0.6) is 0 Å². The number of hydrogen-bond acceptors (Lipinski definition) is 5. The van der Waals surface area contributed by atoms with E-state index in [1.54, 1.807) is 24.3 Å². The van der Waals surface area contributed by atoms with E-state index >= 15 is 0 Å². The maximum atomic E-state index is 12.7. The molecule has 1 amide bonds. The molecule has 0 saturated heterocycles. The Morgan fingerprint density at radius 2 is 1.78 bits per heavy atom. The minimum absolute atomic E-state index is 0.117. The van der Waals surface area contributed by atoms with Gasteiger partial charge in [-0.2, -0.15) is 0 Å². The zero-order chi connectivity index (χ0) is 19.0. The van der Waals surface area contributed by atoms with Crippen LogP contribution in [0.25, 0.3) is 22.3 Å². The second-order valence-electron chi connectivity index (χ2n) is 6.88. The van der Waals surface area contributed by atoms with E-state index < -0.39 is 0 Å². The van der Waals surface area contributed by atoms with Crippen molar-refractivity contribution >= 4 is 22.7 Å². The van der Waals surface area contributed by atoms with E-state index in [4.69, 9.17) is 0 Å². The van der Waals surface area contributed by atoms with Gasteiger partial charge in [0, 0.05) is 17.7 Å². The summed E-state index contributed by atoms with van der Waals surface area (Å²) in [6.45, 7) is 1.50. The molecule has 0 unspecified atom stereocenters. The van der Waals surface area contributed by atoms with Crippen molar-refractivity contribution in [2.24, 2.45) is 0 Å². The van der Waals surface area contributed by atoms with E-state index in [9.17, 15) is 9.59 Å². The summed E-state index contributed by atoms with van der Waals surface area (Å²) >= 11 is 0. The molecule has 1 heterocycles. The number of para-hydroxylation sites is 1. The normalized spacial score (nSPS) is 12.3. The molecule has 6 nitrogen and oxygen atoms in total. The molecular formula is C21H20N4O2. The molecule has 3 aromatic rings. The SMILES string of the molecule is CN(C)CCCNC(=O)c1cccc2nc3c(nc12)-c1ccccc1C3=O. The molecule has 0 atom stereocenters. The number of ketones is 1. The molecule has 2 aromatic carbocycles. The first-order chi connectivity index (χ1) is 13.1. The molecule has 27 heavy (non-hydrogen) atoms. The molecule has 1 aromatic heterocycles. The average molecular weight is 360 g/mol. The van der Waals surface area contributed by atoms with Gasteiger partial charge in [0.25, 0.3) is 5.91 Å². The van der Waals surface area contributed by atoms with Crippen molar-refractivity contribution in [1.29, 1.82) is 0 Å². The number of nitrogens with one attached hydrogen (secondary N) is 1. The van der Waals surface area contributed by atoms with Gasteiger partial charge in [0.1, 0.15) is 16.9 Å². The van der Waals surface area contributed by atoms with Crippen molar-refractivity contribution in [3.8, 4) is 11.3 Å². The van der Waals surface area contributed by atoms with Crippen molar-refractivity contribution in [3.63, 3.8) is 0 Å². The summed E-state index contributed by atoms with van der Waals surface area (Å²) < 4.78 is 0.